The van der Waals surface area contributed by atoms with Gasteiger partial charge in [-0.1, -0.05) is 74.5 Å². The Morgan fingerprint density at radius 3 is 2.12 bits per heavy atom. The molecule has 3 nitrogen and oxygen atoms in total. The first-order valence-corrected chi connectivity index (χ1v) is 9.15. The predicted molar refractivity (Wildman–Crippen MR) is 100 cm³/mol. The van der Waals surface area contributed by atoms with E-state index < -0.39 is 0 Å². The highest BCUT2D eigenvalue weighted by Gasteiger charge is 2.34. The summed E-state index contributed by atoms with van der Waals surface area (Å²) >= 11 is 0. The number of carbonyl (C=O) groups is 1. The molecule has 1 unspecified atom stereocenters. The maximum atomic E-state index is 12.3. The molecule has 0 spiro atoms. The summed E-state index contributed by atoms with van der Waals surface area (Å²) in [4.78, 5) is 14.8. The number of esters is 1. The second kappa shape index (κ2) is 8.30. The Hall–Kier alpha value is -2.13. The summed E-state index contributed by atoms with van der Waals surface area (Å²) in [7, 11) is 0. The van der Waals surface area contributed by atoms with E-state index >= 15 is 0 Å². The van der Waals surface area contributed by atoms with E-state index in [1.807, 2.05) is 12.1 Å². The van der Waals surface area contributed by atoms with E-state index in [9.17, 15) is 4.79 Å². The first kappa shape index (κ1) is 17.7. The van der Waals surface area contributed by atoms with Gasteiger partial charge in [0, 0.05) is 6.54 Å². The molecule has 0 radical (unpaired) electrons. The molecule has 1 saturated heterocycles. The number of likely N-dealkylation sites (tertiary alicyclic amines) is 1. The van der Waals surface area contributed by atoms with Gasteiger partial charge < -0.3 is 4.74 Å². The summed E-state index contributed by atoms with van der Waals surface area (Å²) < 4.78 is 5.46. The molecule has 0 N–H and O–H groups in total. The van der Waals surface area contributed by atoms with Crippen LogP contribution in [-0.2, 0) is 9.53 Å². The van der Waals surface area contributed by atoms with E-state index in [-0.39, 0.29) is 17.9 Å². The number of nitrogens with zero attached hydrogens (tertiary/aromatic N) is 1. The topological polar surface area (TPSA) is 29.5 Å². The predicted octanol–water partition coefficient (Wildman–Crippen LogP) is 4.30. The fourth-order valence-electron chi connectivity index (χ4n) is 3.47. The third-order valence-electron chi connectivity index (χ3n) is 4.71. The molecule has 0 saturated carbocycles. The van der Waals surface area contributed by atoms with Gasteiger partial charge in [0.05, 0.1) is 18.6 Å². The lowest BCUT2D eigenvalue weighted by Gasteiger charge is -2.29. The molecule has 0 bridgehead atoms. The maximum Gasteiger partial charge on any atom is 0.310 e. The van der Waals surface area contributed by atoms with Gasteiger partial charge in [-0.15, -0.1) is 0 Å². The Kier molecular flexibility index (Phi) is 5.87. The van der Waals surface area contributed by atoms with Crippen LogP contribution in [0.2, 0.25) is 0 Å². The molecule has 0 amide bonds. The average Bonchev–Trinajstić information content (AvgIpc) is 3.11. The summed E-state index contributed by atoms with van der Waals surface area (Å²) in [5.41, 5.74) is 2.54. The summed E-state index contributed by atoms with van der Waals surface area (Å²) in [6, 6.07) is 21.3. The third kappa shape index (κ3) is 4.49. The van der Waals surface area contributed by atoms with Gasteiger partial charge in [0.15, 0.2) is 0 Å². The highest BCUT2D eigenvalue weighted by Crippen LogP contribution is 2.33. The van der Waals surface area contributed by atoms with Gasteiger partial charge in [0.25, 0.3) is 0 Å². The van der Waals surface area contributed by atoms with Gasteiger partial charge >= 0.3 is 5.97 Å². The first-order chi connectivity index (χ1) is 12.1. The monoisotopic (exact) mass is 337 g/mol. The number of benzene rings is 2. The molecule has 1 aliphatic heterocycles. The summed E-state index contributed by atoms with van der Waals surface area (Å²) in [6.07, 6.45) is 0.868. The van der Waals surface area contributed by atoms with E-state index in [0.717, 1.165) is 19.5 Å². The van der Waals surface area contributed by atoms with Gasteiger partial charge in [-0.2, -0.15) is 0 Å². The lowest BCUT2D eigenvalue weighted by atomic mass is 9.97. The van der Waals surface area contributed by atoms with Crippen LogP contribution < -0.4 is 0 Å². The van der Waals surface area contributed by atoms with Gasteiger partial charge in [0.2, 0.25) is 0 Å². The number of ether oxygens (including phenoxy) is 1. The van der Waals surface area contributed by atoms with Crippen molar-refractivity contribution in [2.24, 2.45) is 11.8 Å². The van der Waals surface area contributed by atoms with Gasteiger partial charge in [0.1, 0.15) is 0 Å². The Morgan fingerprint density at radius 1 is 1.04 bits per heavy atom. The minimum atomic E-state index is -0.0453. The molecule has 2 aromatic rings. The molecule has 1 atom stereocenters. The number of rotatable bonds is 6. The lowest BCUT2D eigenvalue weighted by molar-refractivity contribution is -0.149. The lowest BCUT2D eigenvalue weighted by Crippen LogP contribution is -2.29. The van der Waals surface area contributed by atoms with Crippen molar-refractivity contribution in [3.05, 3.63) is 71.8 Å². The van der Waals surface area contributed by atoms with E-state index in [1.165, 1.54) is 11.1 Å². The molecular formula is C22H27NO2. The number of hydrogen-bond donors (Lipinski definition) is 0. The van der Waals surface area contributed by atoms with Crippen LogP contribution in [0.15, 0.2) is 60.7 Å². The molecule has 0 aromatic heterocycles. The van der Waals surface area contributed by atoms with E-state index in [1.54, 1.807) is 0 Å². The normalized spacial score (nSPS) is 18.0. The molecule has 3 heteroatoms. The molecule has 3 rings (SSSR count). The van der Waals surface area contributed by atoms with Gasteiger partial charge in [-0.25, -0.2) is 0 Å². The Morgan fingerprint density at radius 2 is 1.60 bits per heavy atom. The molecule has 25 heavy (non-hydrogen) atoms. The van der Waals surface area contributed by atoms with Crippen LogP contribution in [0.3, 0.4) is 0 Å². The van der Waals surface area contributed by atoms with Crippen LogP contribution in [0, 0.1) is 11.8 Å². The van der Waals surface area contributed by atoms with Crippen molar-refractivity contribution >= 4 is 5.97 Å². The second-order valence-electron chi connectivity index (χ2n) is 7.23. The minimum absolute atomic E-state index is 0.0197. The zero-order chi connectivity index (χ0) is 17.6. The zero-order valence-electron chi connectivity index (χ0n) is 15.1. The summed E-state index contributed by atoms with van der Waals surface area (Å²) in [5, 5.41) is 0. The molecular weight excluding hydrogens is 310 g/mol. The SMILES string of the molecule is CC(C)COC(=O)C1CCN(C(c2ccccc2)c2ccccc2)C1. The van der Waals surface area contributed by atoms with E-state index in [2.05, 4.69) is 67.3 Å². The zero-order valence-corrected chi connectivity index (χ0v) is 15.1. The fourth-order valence-corrected chi connectivity index (χ4v) is 3.47. The van der Waals surface area contributed by atoms with Crippen LogP contribution in [0.5, 0.6) is 0 Å². The molecule has 132 valence electrons. The summed E-state index contributed by atoms with van der Waals surface area (Å²) in [5.74, 6) is 0.313. The van der Waals surface area contributed by atoms with Crippen molar-refractivity contribution in [1.29, 1.82) is 0 Å². The van der Waals surface area contributed by atoms with Crippen molar-refractivity contribution in [2.75, 3.05) is 19.7 Å². The highest BCUT2D eigenvalue weighted by atomic mass is 16.5. The van der Waals surface area contributed by atoms with Crippen LogP contribution in [0.25, 0.3) is 0 Å². The largest absolute Gasteiger partial charge is 0.465 e. The van der Waals surface area contributed by atoms with Crippen LogP contribution >= 0.6 is 0 Å². The van der Waals surface area contributed by atoms with E-state index in [0.29, 0.717) is 12.5 Å². The number of carbonyl (C=O) groups excluding carboxylic acids is 1. The Bertz CT molecular complexity index is 629. The van der Waals surface area contributed by atoms with Crippen LogP contribution in [-0.4, -0.2) is 30.6 Å². The molecule has 0 aliphatic carbocycles. The number of hydrogen-bond acceptors (Lipinski definition) is 3. The second-order valence-corrected chi connectivity index (χ2v) is 7.23. The van der Waals surface area contributed by atoms with Crippen molar-refractivity contribution < 1.29 is 9.53 Å². The minimum Gasteiger partial charge on any atom is -0.465 e. The van der Waals surface area contributed by atoms with Crippen LogP contribution in [0.4, 0.5) is 0 Å². The fraction of sp³-hybridized carbons (Fsp3) is 0.409. The van der Waals surface area contributed by atoms with Crippen molar-refractivity contribution in [2.45, 2.75) is 26.3 Å². The van der Waals surface area contributed by atoms with Crippen molar-refractivity contribution in [1.82, 2.24) is 4.90 Å². The Balaban J connectivity index is 1.76. The average molecular weight is 337 g/mol. The first-order valence-electron chi connectivity index (χ1n) is 9.15. The Labute approximate surface area is 150 Å². The summed E-state index contributed by atoms with van der Waals surface area (Å²) in [6.45, 7) is 6.31. The van der Waals surface area contributed by atoms with Crippen molar-refractivity contribution in [3.8, 4) is 0 Å². The molecule has 1 aliphatic rings. The van der Waals surface area contributed by atoms with E-state index in [4.69, 9.17) is 4.74 Å². The van der Waals surface area contributed by atoms with Crippen LogP contribution in [0.1, 0.15) is 37.4 Å². The maximum absolute atomic E-state index is 12.3. The molecule has 1 heterocycles. The molecule has 1 fully saturated rings. The highest BCUT2D eigenvalue weighted by molar-refractivity contribution is 5.73. The quantitative estimate of drug-likeness (QED) is 0.736. The van der Waals surface area contributed by atoms with Crippen molar-refractivity contribution in [3.63, 3.8) is 0 Å². The smallest absolute Gasteiger partial charge is 0.310 e. The van der Waals surface area contributed by atoms with Gasteiger partial charge in [-0.3, -0.25) is 9.69 Å². The molecule has 2 aromatic carbocycles. The standard InChI is InChI=1S/C22H27NO2/c1-17(2)16-25-22(24)20-13-14-23(15-20)21(18-9-5-3-6-10-18)19-11-7-4-8-12-19/h3-12,17,20-21H,13-16H2,1-2H3. The third-order valence-corrected chi connectivity index (χ3v) is 4.71. The van der Waals surface area contributed by atoms with Gasteiger partial charge in [-0.05, 0) is 30.0 Å².